The molecule has 2 unspecified atom stereocenters. The predicted octanol–water partition coefficient (Wildman–Crippen LogP) is -0.264. The van der Waals surface area contributed by atoms with Gasteiger partial charge in [0.1, 0.15) is 29.7 Å². The topological polar surface area (TPSA) is 107 Å². The Kier molecular flexibility index (Phi) is 3.05. The van der Waals surface area contributed by atoms with Gasteiger partial charge in [0.05, 0.1) is 19.5 Å². The molecule has 2 fully saturated rings. The molecule has 2 aromatic rings. The number of imidazole rings is 1. The molecule has 0 amide bonds. The van der Waals surface area contributed by atoms with E-state index < -0.39 is 11.8 Å². The van der Waals surface area contributed by atoms with Crippen molar-refractivity contribution in [2.75, 3.05) is 33.2 Å². The van der Waals surface area contributed by atoms with Crippen molar-refractivity contribution in [3.8, 4) is 0 Å². The second-order valence-corrected chi connectivity index (χ2v) is 5.52. The average Bonchev–Trinajstić information content (AvgIpc) is 3.16. The largest absolute Gasteiger partial charge is 0.382 e. The van der Waals surface area contributed by atoms with Crippen LogP contribution in [0, 0.1) is 0 Å². The normalized spacial score (nSPS) is 33.8. The number of nitrogen functional groups attached to an aromatic ring is 1. The number of rotatable bonds is 4. The predicted molar refractivity (Wildman–Crippen MR) is 75.0 cm³/mol. The Morgan fingerprint density at radius 1 is 1.41 bits per heavy atom. The third-order valence-corrected chi connectivity index (χ3v) is 4.28. The van der Waals surface area contributed by atoms with Crippen LogP contribution in [0.3, 0.4) is 0 Å². The molecule has 2 aliphatic rings. The van der Waals surface area contributed by atoms with Gasteiger partial charge in [-0.1, -0.05) is 0 Å². The number of anilines is 1. The van der Waals surface area contributed by atoms with Gasteiger partial charge in [0.25, 0.3) is 0 Å². The van der Waals surface area contributed by atoms with Crippen molar-refractivity contribution in [2.45, 2.75) is 24.0 Å². The maximum absolute atomic E-state index is 6.23. The monoisotopic (exact) mass is 307 g/mol. The van der Waals surface area contributed by atoms with Gasteiger partial charge in [-0.3, -0.25) is 4.57 Å². The van der Waals surface area contributed by atoms with E-state index in [4.69, 9.17) is 24.7 Å². The van der Waals surface area contributed by atoms with E-state index in [1.807, 2.05) is 0 Å². The van der Waals surface area contributed by atoms with Crippen LogP contribution in [0.1, 0.15) is 6.23 Å². The maximum atomic E-state index is 6.23. The summed E-state index contributed by atoms with van der Waals surface area (Å²) in [7, 11) is 3.28. The van der Waals surface area contributed by atoms with Gasteiger partial charge in [-0.25, -0.2) is 15.0 Å². The van der Waals surface area contributed by atoms with Crippen LogP contribution in [0.5, 0.6) is 0 Å². The Morgan fingerprint density at radius 2 is 2.27 bits per heavy atom. The zero-order chi connectivity index (χ0) is 15.3. The van der Waals surface area contributed by atoms with Crippen molar-refractivity contribution in [1.82, 2.24) is 19.5 Å². The van der Waals surface area contributed by atoms with Crippen molar-refractivity contribution < 1.29 is 18.9 Å². The zero-order valence-electron chi connectivity index (χ0n) is 12.3. The van der Waals surface area contributed by atoms with E-state index in [1.54, 1.807) is 25.1 Å². The highest BCUT2D eigenvalue weighted by atomic mass is 16.7. The number of fused-ring (bicyclic) bond motifs is 3. The molecular weight excluding hydrogens is 290 g/mol. The lowest BCUT2D eigenvalue weighted by Gasteiger charge is -2.30. The van der Waals surface area contributed by atoms with Gasteiger partial charge in [0.15, 0.2) is 17.7 Å². The lowest BCUT2D eigenvalue weighted by molar-refractivity contribution is -0.189. The Balaban J connectivity index is 1.76. The first-order valence-electron chi connectivity index (χ1n) is 6.94. The van der Waals surface area contributed by atoms with E-state index in [2.05, 4.69) is 15.0 Å². The number of nitrogens with two attached hydrogens (primary N) is 1. The second-order valence-electron chi connectivity index (χ2n) is 5.52. The summed E-state index contributed by atoms with van der Waals surface area (Å²) in [4.78, 5) is 12.5. The zero-order valence-corrected chi connectivity index (χ0v) is 12.3. The van der Waals surface area contributed by atoms with Crippen molar-refractivity contribution in [2.24, 2.45) is 0 Å². The van der Waals surface area contributed by atoms with Crippen LogP contribution in [0.25, 0.3) is 11.2 Å². The van der Waals surface area contributed by atoms with Gasteiger partial charge in [-0.2, -0.15) is 0 Å². The lowest BCUT2D eigenvalue weighted by atomic mass is 10.0. The van der Waals surface area contributed by atoms with Crippen LogP contribution in [-0.4, -0.2) is 64.8 Å². The summed E-state index contributed by atoms with van der Waals surface area (Å²) >= 11 is 0. The summed E-state index contributed by atoms with van der Waals surface area (Å²) in [5.41, 5.74) is 6.36. The number of hydrogen-bond acceptors (Lipinski definition) is 8. The van der Waals surface area contributed by atoms with Crippen LogP contribution >= 0.6 is 0 Å². The highest BCUT2D eigenvalue weighted by Gasteiger charge is 2.63. The molecule has 9 nitrogen and oxygen atoms in total. The van der Waals surface area contributed by atoms with Gasteiger partial charge in [0, 0.05) is 14.2 Å². The summed E-state index contributed by atoms with van der Waals surface area (Å²) in [5, 5.41) is 0. The summed E-state index contributed by atoms with van der Waals surface area (Å²) in [6.07, 6.45) is 2.18. The average molecular weight is 307 g/mol. The molecule has 0 aliphatic carbocycles. The number of ether oxygens (including phenoxy) is 4. The molecule has 2 aromatic heterocycles. The summed E-state index contributed by atoms with van der Waals surface area (Å²) < 4.78 is 24.8. The first-order valence-corrected chi connectivity index (χ1v) is 6.94. The van der Waals surface area contributed by atoms with Gasteiger partial charge in [-0.15, -0.1) is 0 Å². The fraction of sp³-hybridized carbons (Fsp3) is 0.615. The third-order valence-electron chi connectivity index (χ3n) is 4.28. The van der Waals surface area contributed by atoms with Crippen LogP contribution in [0.4, 0.5) is 5.82 Å². The summed E-state index contributed by atoms with van der Waals surface area (Å²) in [6, 6.07) is 0. The fourth-order valence-electron chi connectivity index (χ4n) is 3.37. The molecule has 22 heavy (non-hydrogen) atoms. The van der Waals surface area contributed by atoms with E-state index >= 15 is 0 Å². The maximum Gasteiger partial charge on any atom is 0.167 e. The second kappa shape index (κ2) is 4.85. The van der Waals surface area contributed by atoms with E-state index in [0.29, 0.717) is 30.2 Å². The van der Waals surface area contributed by atoms with Gasteiger partial charge in [0.2, 0.25) is 0 Å². The minimum absolute atomic E-state index is 0.214. The minimum atomic E-state index is -0.617. The van der Waals surface area contributed by atoms with E-state index in [-0.39, 0.29) is 12.2 Å². The lowest BCUT2D eigenvalue weighted by Crippen LogP contribution is -2.45. The smallest absolute Gasteiger partial charge is 0.167 e. The molecule has 2 N–H and O–H groups in total. The Labute approximate surface area is 126 Å². The molecule has 9 heteroatoms. The van der Waals surface area contributed by atoms with Crippen molar-refractivity contribution in [1.29, 1.82) is 0 Å². The molecule has 2 saturated heterocycles. The first kappa shape index (κ1) is 13.8. The highest BCUT2D eigenvalue weighted by Crippen LogP contribution is 2.47. The molecule has 4 rings (SSSR count). The van der Waals surface area contributed by atoms with Crippen LogP contribution in [-0.2, 0) is 18.9 Å². The van der Waals surface area contributed by atoms with Gasteiger partial charge in [-0.05, 0) is 0 Å². The number of nitrogens with zero attached hydrogens (tertiary/aromatic N) is 4. The molecule has 2 aliphatic heterocycles. The van der Waals surface area contributed by atoms with Crippen molar-refractivity contribution in [3.63, 3.8) is 0 Å². The third kappa shape index (κ3) is 1.70. The number of methoxy groups -OCH3 is 2. The Bertz CT molecular complexity index is 707. The quantitative estimate of drug-likeness (QED) is 0.823. The standard InChI is InChI=1S/C13H17N5O4/c1-19-3-13-4-21-8(9(13)20-2)12(22-13)18-6-17-7-10(14)15-5-16-11(7)18/h5-6,8-9,12H,3-4H2,1-2H3,(H2,14,15,16)/t8?,9?,12-,13+/m1/s1. The summed E-state index contributed by atoms with van der Waals surface area (Å²) in [5.74, 6) is 0.336. The molecule has 0 spiro atoms. The molecular formula is C13H17N5O4. The summed E-state index contributed by atoms with van der Waals surface area (Å²) in [6.45, 7) is 0.826. The Morgan fingerprint density at radius 3 is 3.05 bits per heavy atom. The van der Waals surface area contributed by atoms with Crippen LogP contribution in [0.15, 0.2) is 12.7 Å². The van der Waals surface area contributed by atoms with Crippen molar-refractivity contribution in [3.05, 3.63) is 12.7 Å². The molecule has 2 bridgehead atoms. The fourth-order valence-corrected chi connectivity index (χ4v) is 3.37. The van der Waals surface area contributed by atoms with E-state index in [0.717, 1.165) is 0 Å². The molecule has 0 saturated carbocycles. The number of hydrogen-bond donors (Lipinski definition) is 1. The van der Waals surface area contributed by atoms with Gasteiger partial charge < -0.3 is 24.7 Å². The molecule has 0 radical (unpaired) electrons. The first-order chi connectivity index (χ1) is 10.7. The van der Waals surface area contributed by atoms with Crippen LogP contribution < -0.4 is 5.73 Å². The van der Waals surface area contributed by atoms with Crippen LogP contribution in [0.2, 0.25) is 0 Å². The van der Waals surface area contributed by atoms with Crippen molar-refractivity contribution >= 4 is 17.0 Å². The van der Waals surface area contributed by atoms with Gasteiger partial charge >= 0.3 is 0 Å². The highest BCUT2D eigenvalue weighted by molar-refractivity contribution is 5.81. The molecule has 118 valence electrons. The molecule has 4 heterocycles. The SMILES string of the molecule is COC[C@]12COC(C1OC)[C@H](n1cnc3c(N)ncnc31)O2. The Hall–Kier alpha value is -1.81. The van der Waals surface area contributed by atoms with E-state index in [9.17, 15) is 0 Å². The molecule has 4 atom stereocenters. The minimum Gasteiger partial charge on any atom is -0.382 e. The van der Waals surface area contributed by atoms with E-state index in [1.165, 1.54) is 6.33 Å². The molecule has 0 aromatic carbocycles. The number of aromatic nitrogens is 4.